The van der Waals surface area contributed by atoms with Crippen molar-refractivity contribution in [3.05, 3.63) is 102 Å². The average Bonchev–Trinajstić information content (AvgIpc) is 3.64. The maximum absolute atomic E-state index is 11.6. The van der Waals surface area contributed by atoms with E-state index in [1.165, 1.54) is 41.2 Å². The number of anilines is 2. The van der Waals surface area contributed by atoms with Crippen LogP contribution in [0.1, 0.15) is 29.1 Å². The van der Waals surface area contributed by atoms with Crippen molar-refractivity contribution in [3.63, 3.8) is 0 Å². The van der Waals surface area contributed by atoms with Gasteiger partial charge in [0.05, 0.1) is 17.2 Å². The topological polar surface area (TPSA) is 76.6 Å². The van der Waals surface area contributed by atoms with Gasteiger partial charge in [-0.1, -0.05) is 59.6 Å². The van der Waals surface area contributed by atoms with Gasteiger partial charge in [0.2, 0.25) is 0 Å². The summed E-state index contributed by atoms with van der Waals surface area (Å²) in [5.74, 6) is -1.23. The number of methoxy groups -OCH3 is 1. The number of thiophene rings is 2. The molecule has 0 aliphatic carbocycles. The number of hydrogen-bond acceptors (Lipinski definition) is 9. The molecule has 6 rings (SSSR count). The number of hydrogen-bond donors (Lipinski definition) is 1. The summed E-state index contributed by atoms with van der Waals surface area (Å²) in [6.45, 7) is 9.30. The molecular weight excluding hydrogens is 651 g/mol. The van der Waals surface area contributed by atoms with Crippen LogP contribution >= 0.6 is 45.9 Å². The lowest BCUT2D eigenvalue weighted by Gasteiger charge is -2.36. The fourth-order valence-corrected chi connectivity index (χ4v) is 7.99. The molecule has 0 spiro atoms. The average molecular weight is 688 g/mol. The molecule has 2 aliphatic rings. The van der Waals surface area contributed by atoms with E-state index in [9.17, 15) is 9.59 Å². The molecule has 4 heterocycles. The number of aromatic carboxylic acids is 1. The first kappa shape index (κ1) is 33.2. The highest BCUT2D eigenvalue weighted by Crippen LogP contribution is 2.30. The van der Waals surface area contributed by atoms with E-state index in [4.69, 9.17) is 33.0 Å². The summed E-state index contributed by atoms with van der Waals surface area (Å²) >= 11 is 15.1. The summed E-state index contributed by atoms with van der Waals surface area (Å²) in [6.07, 6.45) is 0. The molecule has 0 radical (unpaired) electrons. The monoisotopic (exact) mass is 686 g/mol. The van der Waals surface area contributed by atoms with Gasteiger partial charge in [0, 0.05) is 86.6 Å². The normalized spacial score (nSPS) is 15.8. The van der Waals surface area contributed by atoms with Crippen molar-refractivity contribution in [2.24, 2.45) is 0 Å². The van der Waals surface area contributed by atoms with Crippen LogP contribution in [0.2, 0.25) is 10.0 Å². The first-order valence-corrected chi connectivity index (χ1v) is 17.1. The standard InChI is InChI=1S/C17H19ClN2O2S.C16H17ClN2O2S/c1-22-17(21)15-11-14(18)16(23-15)12-19-7-9-20(10-8-19)13-5-3-2-4-6-13;17-13-10-14(16(20)21)22-15(13)11-18-6-8-19(9-7-18)12-4-2-1-3-5-12/h2-6,11H,7-10,12H2,1H3;1-5,10H,6-9,11H2,(H,20,21). The van der Waals surface area contributed by atoms with Crippen LogP contribution in [0.25, 0.3) is 0 Å². The third-order valence-corrected chi connectivity index (χ3v) is 10.9. The van der Waals surface area contributed by atoms with Gasteiger partial charge in [-0.05, 0) is 36.4 Å². The summed E-state index contributed by atoms with van der Waals surface area (Å²) in [5.41, 5.74) is 2.53. The number of benzene rings is 2. The lowest BCUT2D eigenvalue weighted by molar-refractivity contribution is 0.0605. The number of piperazine rings is 2. The molecule has 2 fully saturated rings. The molecule has 1 N–H and O–H groups in total. The van der Waals surface area contributed by atoms with Gasteiger partial charge in [-0.2, -0.15) is 0 Å². The highest BCUT2D eigenvalue weighted by atomic mass is 35.5. The predicted molar refractivity (Wildman–Crippen MR) is 185 cm³/mol. The van der Waals surface area contributed by atoms with Gasteiger partial charge in [0.1, 0.15) is 9.75 Å². The van der Waals surface area contributed by atoms with Crippen LogP contribution in [0.4, 0.5) is 11.4 Å². The molecule has 2 aromatic carbocycles. The van der Waals surface area contributed by atoms with E-state index in [1.807, 2.05) is 12.1 Å². The molecule has 4 aromatic rings. The van der Waals surface area contributed by atoms with E-state index in [0.717, 1.165) is 75.2 Å². The lowest BCUT2D eigenvalue weighted by atomic mass is 10.2. The lowest BCUT2D eigenvalue weighted by Crippen LogP contribution is -2.45. The molecule has 0 atom stereocenters. The van der Waals surface area contributed by atoms with Crippen molar-refractivity contribution < 1.29 is 19.4 Å². The Bertz CT molecular complexity index is 1550. The summed E-state index contributed by atoms with van der Waals surface area (Å²) in [6, 6.07) is 24.1. The smallest absolute Gasteiger partial charge is 0.348 e. The number of ether oxygens (including phenoxy) is 1. The Balaban J connectivity index is 0.000000178. The van der Waals surface area contributed by atoms with Crippen LogP contribution in [0.5, 0.6) is 0 Å². The largest absolute Gasteiger partial charge is 0.477 e. The Labute approximate surface area is 281 Å². The van der Waals surface area contributed by atoms with E-state index in [0.29, 0.717) is 19.8 Å². The number of halogens is 2. The molecule has 2 saturated heterocycles. The van der Waals surface area contributed by atoms with Gasteiger partial charge in [-0.3, -0.25) is 9.80 Å². The summed E-state index contributed by atoms with van der Waals surface area (Å²) in [4.78, 5) is 34.9. The Kier molecular flexibility index (Phi) is 11.8. The Morgan fingerprint density at radius 1 is 0.689 bits per heavy atom. The molecule has 0 amide bonds. The van der Waals surface area contributed by atoms with Crippen molar-refractivity contribution in [2.45, 2.75) is 13.1 Å². The SMILES string of the molecule is COC(=O)c1cc(Cl)c(CN2CCN(c3ccccc3)CC2)s1.O=C(O)c1cc(Cl)c(CN2CCN(c3ccccc3)CC2)s1. The number of carboxylic acids is 1. The molecule has 0 bridgehead atoms. The van der Waals surface area contributed by atoms with Crippen LogP contribution in [0.3, 0.4) is 0 Å². The van der Waals surface area contributed by atoms with Gasteiger partial charge < -0.3 is 19.6 Å². The number of esters is 1. The Morgan fingerprint density at radius 2 is 1.09 bits per heavy atom. The van der Waals surface area contributed by atoms with Crippen LogP contribution in [0.15, 0.2) is 72.8 Å². The molecule has 0 saturated carbocycles. The number of nitrogens with zero attached hydrogens (tertiary/aromatic N) is 4. The molecule has 45 heavy (non-hydrogen) atoms. The van der Waals surface area contributed by atoms with E-state index in [2.05, 4.69) is 68.1 Å². The zero-order chi connectivity index (χ0) is 31.8. The quantitative estimate of drug-likeness (QED) is 0.200. The van der Waals surface area contributed by atoms with Crippen molar-refractivity contribution in [1.29, 1.82) is 0 Å². The van der Waals surface area contributed by atoms with Crippen molar-refractivity contribution in [2.75, 3.05) is 69.3 Å². The molecule has 238 valence electrons. The van der Waals surface area contributed by atoms with Crippen LogP contribution in [0, 0.1) is 0 Å². The Hall–Kier alpha value is -3.12. The summed E-state index contributed by atoms with van der Waals surface area (Å²) in [5, 5.41) is 10.2. The predicted octanol–water partition coefficient (Wildman–Crippen LogP) is 6.93. The zero-order valence-electron chi connectivity index (χ0n) is 25.0. The summed E-state index contributed by atoms with van der Waals surface area (Å²) < 4.78 is 4.75. The van der Waals surface area contributed by atoms with Crippen LogP contribution < -0.4 is 9.80 Å². The fraction of sp³-hybridized carbons (Fsp3) is 0.333. The van der Waals surface area contributed by atoms with Gasteiger partial charge in [-0.25, -0.2) is 9.59 Å². The molecule has 12 heteroatoms. The molecule has 2 aromatic heterocycles. The minimum absolute atomic E-state index is 0.308. The van der Waals surface area contributed by atoms with Crippen molar-refractivity contribution in [3.8, 4) is 0 Å². The number of para-hydroxylation sites is 2. The molecular formula is C33H36Cl2N4O4S2. The highest BCUT2D eigenvalue weighted by Gasteiger charge is 2.22. The highest BCUT2D eigenvalue weighted by molar-refractivity contribution is 7.14. The second-order valence-corrected chi connectivity index (χ2v) is 13.8. The molecule has 0 unspecified atom stereocenters. The van der Waals surface area contributed by atoms with E-state index < -0.39 is 5.97 Å². The van der Waals surface area contributed by atoms with Gasteiger partial charge >= 0.3 is 11.9 Å². The summed E-state index contributed by atoms with van der Waals surface area (Å²) in [7, 11) is 1.39. The maximum atomic E-state index is 11.6. The third kappa shape index (κ3) is 9.00. The van der Waals surface area contributed by atoms with Gasteiger partial charge in [0.25, 0.3) is 0 Å². The molecule has 8 nitrogen and oxygen atoms in total. The van der Waals surface area contributed by atoms with Crippen LogP contribution in [-0.4, -0.2) is 86.3 Å². The third-order valence-electron chi connectivity index (χ3n) is 7.83. The van der Waals surface area contributed by atoms with Gasteiger partial charge in [0.15, 0.2) is 0 Å². The Morgan fingerprint density at radius 3 is 1.47 bits per heavy atom. The van der Waals surface area contributed by atoms with Gasteiger partial charge in [-0.15, -0.1) is 22.7 Å². The number of carbonyl (C=O) groups is 2. The molecule has 2 aliphatic heterocycles. The maximum Gasteiger partial charge on any atom is 0.348 e. The number of carboxylic acid groups (broad SMARTS) is 1. The van der Waals surface area contributed by atoms with E-state index >= 15 is 0 Å². The second kappa shape index (κ2) is 15.9. The first-order chi connectivity index (χ1) is 21.8. The second-order valence-electron chi connectivity index (χ2n) is 10.8. The zero-order valence-corrected chi connectivity index (χ0v) is 28.2. The number of carbonyl (C=O) groups excluding carboxylic acids is 1. The minimum atomic E-state index is -0.910. The minimum Gasteiger partial charge on any atom is -0.477 e. The van der Waals surface area contributed by atoms with Crippen molar-refractivity contribution >= 4 is 69.2 Å². The van der Waals surface area contributed by atoms with E-state index in [1.54, 1.807) is 12.1 Å². The fourth-order valence-electron chi connectivity index (χ4n) is 5.35. The van der Waals surface area contributed by atoms with E-state index in [-0.39, 0.29) is 5.97 Å². The van der Waals surface area contributed by atoms with Crippen molar-refractivity contribution in [1.82, 2.24) is 9.80 Å². The first-order valence-electron chi connectivity index (χ1n) is 14.7. The van der Waals surface area contributed by atoms with Crippen LogP contribution in [-0.2, 0) is 17.8 Å². The number of rotatable bonds is 8.